The van der Waals surface area contributed by atoms with Gasteiger partial charge >= 0.3 is 6.03 Å². The van der Waals surface area contributed by atoms with Crippen molar-refractivity contribution < 1.29 is 20.1 Å². The Bertz CT molecular complexity index is 932. The van der Waals surface area contributed by atoms with Crippen LogP contribution in [0.15, 0.2) is 28.2 Å². The van der Waals surface area contributed by atoms with Crippen LogP contribution in [-0.2, 0) is 6.54 Å². The number of carbonyl (C=O) groups is 1. The van der Waals surface area contributed by atoms with Gasteiger partial charge in [0, 0.05) is 20.2 Å². The summed E-state index contributed by atoms with van der Waals surface area (Å²) in [7, 11) is 3.66. The molecule has 0 atom stereocenters. The standard InChI is InChI=1S/C15H17N5O4/c1-19(2)12-6-9-8(17-15(24)18-9)5-10(12)16-11-7-13(22)20(3-4-21)14(11)23/h5-7,16,21-23H,3-4H2,1-2H3. The minimum absolute atomic E-state index is 0.0623. The van der Waals surface area contributed by atoms with Crippen LogP contribution in [0.1, 0.15) is 0 Å². The number of hydrogen-bond acceptors (Lipinski definition) is 6. The van der Waals surface area contributed by atoms with Gasteiger partial charge < -0.3 is 25.5 Å². The average Bonchev–Trinajstić information content (AvgIpc) is 3.00. The van der Waals surface area contributed by atoms with Crippen molar-refractivity contribution in [2.24, 2.45) is 9.98 Å². The molecule has 9 nitrogen and oxygen atoms in total. The van der Waals surface area contributed by atoms with Gasteiger partial charge in [0.25, 0.3) is 0 Å². The molecule has 2 aromatic rings. The van der Waals surface area contributed by atoms with Crippen molar-refractivity contribution in [2.45, 2.75) is 6.54 Å². The number of hydrogen-bond donors (Lipinski definition) is 4. The van der Waals surface area contributed by atoms with Gasteiger partial charge in [0.2, 0.25) is 5.88 Å². The molecule has 126 valence electrons. The molecule has 1 aromatic heterocycles. The van der Waals surface area contributed by atoms with Crippen molar-refractivity contribution in [2.75, 3.05) is 30.9 Å². The maximum absolute atomic E-state index is 11.4. The van der Waals surface area contributed by atoms with Gasteiger partial charge in [-0.15, -0.1) is 0 Å². The number of fused-ring (bicyclic) bond motifs is 1. The first-order chi connectivity index (χ1) is 11.4. The number of aromatic nitrogens is 1. The number of benzene rings is 1. The van der Waals surface area contributed by atoms with Crippen LogP contribution >= 0.6 is 0 Å². The predicted molar refractivity (Wildman–Crippen MR) is 86.6 cm³/mol. The smallest absolute Gasteiger partial charge is 0.368 e. The molecule has 3 rings (SSSR count). The zero-order chi connectivity index (χ0) is 17.4. The molecule has 0 saturated heterocycles. The summed E-state index contributed by atoms with van der Waals surface area (Å²) in [6.07, 6.45) is 0. The van der Waals surface area contributed by atoms with E-state index in [0.717, 1.165) is 5.69 Å². The zero-order valence-corrected chi connectivity index (χ0v) is 13.2. The molecule has 2 heterocycles. The third kappa shape index (κ3) is 2.65. The van der Waals surface area contributed by atoms with E-state index in [0.29, 0.717) is 16.4 Å². The van der Waals surface area contributed by atoms with Crippen molar-refractivity contribution in [3.05, 3.63) is 28.9 Å². The van der Waals surface area contributed by atoms with Crippen LogP contribution < -0.4 is 20.9 Å². The summed E-state index contributed by atoms with van der Waals surface area (Å²) in [5.41, 5.74) is 1.59. The van der Waals surface area contributed by atoms with Gasteiger partial charge in [-0.05, 0) is 12.1 Å². The van der Waals surface area contributed by atoms with Crippen molar-refractivity contribution in [3.63, 3.8) is 0 Å². The summed E-state index contributed by atoms with van der Waals surface area (Å²) in [4.78, 5) is 20.8. The Morgan fingerprint density at radius 1 is 1.12 bits per heavy atom. The molecule has 0 unspecified atom stereocenters. The summed E-state index contributed by atoms with van der Waals surface area (Å²) in [5, 5.41) is 33.0. The van der Waals surface area contributed by atoms with E-state index >= 15 is 0 Å². The van der Waals surface area contributed by atoms with Gasteiger partial charge in [0.15, 0.2) is 5.88 Å². The minimum Gasteiger partial charge on any atom is -0.494 e. The monoisotopic (exact) mass is 331 g/mol. The zero-order valence-electron chi connectivity index (χ0n) is 13.2. The van der Waals surface area contributed by atoms with Gasteiger partial charge in [0.05, 0.1) is 35.2 Å². The topological polar surface area (TPSA) is 123 Å². The molecule has 2 amide bonds. The lowest BCUT2D eigenvalue weighted by Gasteiger charge is -2.18. The summed E-state index contributed by atoms with van der Waals surface area (Å²) >= 11 is 0. The summed E-state index contributed by atoms with van der Waals surface area (Å²) < 4.78 is 1.17. The van der Waals surface area contributed by atoms with Gasteiger partial charge in [-0.3, -0.25) is 4.57 Å². The molecular weight excluding hydrogens is 314 g/mol. The largest absolute Gasteiger partial charge is 0.494 e. The SMILES string of the molecule is CN(C)c1cc2c(cc1Nc1cc(O)n(CCO)c1O)=NC(=O)N=2. The van der Waals surface area contributed by atoms with E-state index in [4.69, 9.17) is 5.11 Å². The molecule has 9 heteroatoms. The number of carbonyl (C=O) groups excluding carboxylic acids is 1. The summed E-state index contributed by atoms with van der Waals surface area (Å²) in [6, 6.07) is 4.16. The first-order valence-corrected chi connectivity index (χ1v) is 7.23. The van der Waals surface area contributed by atoms with Crippen LogP contribution in [-0.4, -0.2) is 46.6 Å². The molecule has 1 aliphatic rings. The molecular formula is C15H17N5O4. The maximum Gasteiger partial charge on any atom is 0.368 e. The summed E-state index contributed by atoms with van der Waals surface area (Å²) in [5.74, 6) is -0.379. The van der Waals surface area contributed by atoms with E-state index in [1.165, 1.54) is 10.6 Å². The van der Waals surface area contributed by atoms with E-state index in [1.807, 2.05) is 19.0 Å². The lowest BCUT2D eigenvalue weighted by Crippen LogP contribution is -2.25. The van der Waals surface area contributed by atoms with Crippen LogP contribution in [0, 0.1) is 0 Å². The third-order valence-corrected chi connectivity index (χ3v) is 3.65. The highest BCUT2D eigenvalue weighted by Gasteiger charge is 2.17. The van der Waals surface area contributed by atoms with Crippen LogP contribution in [0.3, 0.4) is 0 Å². The number of nitrogens with one attached hydrogen (secondary N) is 1. The van der Waals surface area contributed by atoms with Crippen LogP contribution in [0.2, 0.25) is 0 Å². The molecule has 0 saturated carbocycles. The highest BCUT2D eigenvalue weighted by Crippen LogP contribution is 2.36. The van der Waals surface area contributed by atoms with Crippen molar-refractivity contribution in [3.8, 4) is 11.8 Å². The van der Waals surface area contributed by atoms with E-state index in [-0.39, 0.29) is 30.6 Å². The van der Waals surface area contributed by atoms with Crippen molar-refractivity contribution in [1.82, 2.24) is 4.57 Å². The second kappa shape index (κ2) is 5.85. The molecule has 0 aliphatic carbocycles. The molecule has 24 heavy (non-hydrogen) atoms. The van der Waals surface area contributed by atoms with Gasteiger partial charge in [0.1, 0.15) is 5.69 Å². The predicted octanol–water partition coefficient (Wildman–Crippen LogP) is 0.0740. The number of anilines is 3. The average molecular weight is 331 g/mol. The Morgan fingerprint density at radius 2 is 1.79 bits per heavy atom. The Labute approximate surface area is 136 Å². The van der Waals surface area contributed by atoms with Gasteiger partial charge in [-0.1, -0.05) is 0 Å². The van der Waals surface area contributed by atoms with E-state index in [1.54, 1.807) is 12.1 Å². The fraction of sp³-hybridized carbons (Fsp3) is 0.267. The number of aliphatic hydroxyl groups excluding tert-OH is 1. The number of aliphatic hydroxyl groups is 1. The van der Waals surface area contributed by atoms with Gasteiger partial charge in [-0.2, -0.15) is 9.98 Å². The summed E-state index contributed by atoms with van der Waals surface area (Å²) in [6.45, 7) is -0.160. The fourth-order valence-corrected chi connectivity index (χ4v) is 2.53. The Kier molecular flexibility index (Phi) is 3.86. The molecule has 1 aliphatic heterocycles. The second-order valence-corrected chi connectivity index (χ2v) is 5.50. The van der Waals surface area contributed by atoms with E-state index in [2.05, 4.69) is 15.3 Å². The normalized spacial score (nSPS) is 12.5. The van der Waals surface area contributed by atoms with Crippen molar-refractivity contribution >= 4 is 23.1 Å². The van der Waals surface area contributed by atoms with E-state index in [9.17, 15) is 15.0 Å². The number of aromatic hydroxyl groups is 2. The molecule has 0 bridgehead atoms. The van der Waals surface area contributed by atoms with Crippen LogP contribution in [0.25, 0.3) is 0 Å². The quantitative estimate of drug-likeness (QED) is 0.615. The Morgan fingerprint density at radius 3 is 2.42 bits per heavy atom. The van der Waals surface area contributed by atoms with Gasteiger partial charge in [-0.25, -0.2) is 4.79 Å². The Hall–Kier alpha value is -3.07. The maximum atomic E-state index is 11.4. The fourth-order valence-electron chi connectivity index (χ4n) is 2.53. The lowest BCUT2D eigenvalue weighted by atomic mass is 10.2. The molecule has 1 aromatic carbocycles. The number of nitrogens with zero attached hydrogens (tertiary/aromatic N) is 4. The van der Waals surface area contributed by atoms with E-state index < -0.39 is 6.03 Å². The van der Waals surface area contributed by atoms with Crippen LogP contribution in [0.5, 0.6) is 11.8 Å². The van der Waals surface area contributed by atoms with Crippen LogP contribution in [0.4, 0.5) is 21.9 Å². The Balaban J connectivity index is 2.07. The third-order valence-electron chi connectivity index (χ3n) is 3.65. The molecule has 0 radical (unpaired) electrons. The highest BCUT2D eigenvalue weighted by molar-refractivity contribution is 5.81. The molecule has 0 fully saturated rings. The lowest BCUT2D eigenvalue weighted by molar-refractivity contribution is 0.256. The van der Waals surface area contributed by atoms with Crippen molar-refractivity contribution in [1.29, 1.82) is 0 Å². The first kappa shape index (κ1) is 15.8. The number of urea groups is 1. The highest BCUT2D eigenvalue weighted by atomic mass is 16.3. The second-order valence-electron chi connectivity index (χ2n) is 5.50. The first-order valence-electron chi connectivity index (χ1n) is 7.23. The number of amides is 2. The molecule has 4 N–H and O–H groups in total. The number of rotatable bonds is 5. The minimum atomic E-state index is -0.554. The molecule has 0 spiro atoms.